The summed E-state index contributed by atoms with van der Waals surface area (Å²) in [5.74, 6) is 0.786. The SMILES string of the molecule is O=S(C(Cl)CCCl)C(Cl)CCCl. The summed E-state index contributed by atoms with van der Waals surface area (Å²) >= 11 is 22.4. The van der Waals surface area contributed by atoms with Crippen molar-refractivity contribution in [2.24, 2.45) is 0 Å². The van der Waals surface area contributed by atoms with E-state index in [0.29, 0.717) is 24.6 Å². The number of rotatable bonds is 6. The Morgan fingerprint density at radius 1 is 1.00 bits per heavy atom. The molecule has 2 atom stereocenters. The van der Waals surface area contributed by atoms with Gasteiger partial charge in [-0.25, -0.2) is 0 Å². The van der Waals surface area contributed by atoms with Crippen molar-refractivity contribution < 1.29 is 4.21 Å². The first-order valence-corrected chi connectivity index (χ1v) is 6.64. The van der Waals surface area contributed by atoms with Gasteiger partial charge in [0.1, 0.15) is 9.42 Å². The Balaban J connectivity index is 3.82. The number of hydrogen-bond acceptors (Lipinski definition) is 1. The Morgan fingerprint density at radius 2 is 1.33 bits per heavy atom. The van der Waals surface area contributed by atoms with Crippen molar-refractivity contribution in [1.82, 2.24) is 0 Å². The summed E-state index contributed by atoms with van der Waals surface area (Å²) in [6, 6.07) is 0. The highest BCUT2D eigenvalue weighted by molar-refractivity contribution is 7.88. The van der Waals surface area contributed by atoms with Crippen molar-refractivity contribution in [1.29, 1.82) is 0 Å². The molecule has 12 heavy (non-hydrogen) atoms. The molecule has 0 aromatic rings. The maximum Gasteiger partial charge on any atom is 0.111 e. The third-order valence-electron chi connectivity index (χ3n) is 1.18. The zero-order valence-corrected chi connectivity index (χ0v) is 10.2. The minimum atomic E-state index is -1.25. The Labute approximate surface area is 95.2 Å². The lowest BCUT2D eigenvalue weighted by Crippen LogP contribution is -2.18. The third-order valence-corrected chi connectivity index (χ3v) is 4.58. The quantitative estimate of drug-likeness (QED) is 0.679. The van der Waals surface area contributed by atoms with Gasteiger partial charge in [0.25, 0.3) is 0 Å². The third kappa shape index (κ3) is 5.13. The van der Waals surface area contributed by atoms with E-state index in [9.17, 15) is 4.21 Å². The Morgan fingerprint density at radius 3 is 1.58 bits per heavy atom. The molecular formula is C6H10Cl4OS. The normalized spacial score (nSPS) is 18.7. The van der Waals surface area contributed by atoms with Crippen molar-refractivity contribution in [2.75, 3.05) is 11.8 Å². The molecule has 0 rings (SSSR count). The van der Waals surface area contributed by atoms with E-state index in [4.69, 9.17) is 46.4 Å². The summed E-state index contributed by atoms with van der Waals surface area (Å²) in [4.78, 5) is 0. The molecule has 0 saturated heterocycles. The lowest BCUT2D eigenvalue weighted by atomic mass is 10.6. The van der Waals surface area contributed by atoms with Crippen LogP contribution in [0, 0.1) is 0 Å². The van der Waals surface area contributed by atoms with E-state index in [0.717, 1.165) is 0 Å². The van der Waals surface area contributed by atoms with Crippen LogP contribution < -0.4 is 0 Å². The Hall–Kier alpha value is 1.31. The van der Waals surface area contributed by atoms with Gasteiger partial charge in [-0.2, -0.15) is 0 Å². The number of alkyl halides is 4. The van der Waals surface area contributed by atoms with Gasteiger partial charge in [-0.3, -0.25) is 4.21 Å². The fraction of sp³-hybridized carbons (Fsp3) is 1.00. The molecule has 1 nitrogen and oxygen atoms in total. The minimum absolute atomic E-state index is 0.393. The van der Waals surface area contributed by atoms with E-state index in [1.54, 1.807) is 0 Å². The smallest absolute Gasteiger partial charge is 0.111 e. The molecule has 74 valence electrons. The molecule has 2 unspecified atom stereocenters. The average Bonchev–Trinajstić information content (AvgIpc) is 2.04. The molecule has 0 bridgehead atoms. The molecule has 0 aliphatic carbocycles. The van der Waals surface area contributed by atoms with Crippen molar-refractivity contribution in [3.8, 4) is 0 Å². The largest absolute Gasteiger partial charge is 0.257 e. The van der Waals surface area contributed by atoms with Gasteiger partial charge in [0.05, 0.1) is 10.8 Å². The second kappa shape index (κ2) is 7.69. The standard InChI is InChI=1S/C6H10Cl4OS/c7-3-1-5(9)12(11)6(10)2-4-8/h5-6H,1-4H2. The molecule has 0 radical (unpaired) electrons. The van der Waals surface area contributed by atoms with Crippen LogP contribution in [0.15, 0.2) is 0 Å². The van der Waals surface area contributed by atoms with Crippen LogP contribution in [-0.2, 0) is 10.8 Å². The van der Waals surface area contributed by atoms with Gasteiger partial charge in [0, 0.05) is 11.8 Å². The molecule has 0 aliphatic rings. The maximum absolute atomic E-state index is 11.4. The van der Waals surface area contributed by atoms with Gasteiger partial charge in [-0.15, -0.1) is 46.4 Å². The zero-order chi connectivity index (χ0) is 9.56. The van der Waals surface area contributed by atoms with Crippen LogP contribution in [0.5, 0.6) is 0 Å². The van der Waals surface area contributed by atoms with E-state index in [2.05, 4.69) is 0 Å². The first-order chi connectivity index (χ1) is 5.63. The van der Waals surface area contributed by atoms with Crippen LogP contribution in [0.4, 0.5) is 0 Å². The predicted molar refractivity (Wildman–Crippen MR) is 58.1 cm³/mol. The van der Waals surface area contributed by atoms with Crippen LogP contribution in [0.1, 0.15) is 12.8 Å². The second-order valence-corrected chi connectivity index (χ2v) is 6.23. The zero-order valence-electron chi connectivity index (χ0n) is 6.31. The lowest BCUT2D eigenvalue weighted by Gasteiger charge is -2.11. The predicted octanol–water partition coefficient (Wildman–Crippen LogP) is 3.12. The Bertz CT molecular complexity index is 130. The monoisotopic (exact) mass is 270 g/mol. The molecule has 0 spiro atoms. The van der Waals surface area contributed by atoms with E-state index in [-0.39, 0.29) is 0 Å². The highest BCUT2D eigenvalue weighted by Crippen LogP contribution is 2.18. The van der Waals surface area contributed by atoms with E-state index < -0.39 is 20.2 Å². The van der Waals surface area contributed by atoms with Gasteiger partial charge in [-0.05, 0) is 12.8 Å². The first-order valence-electron chi connectivity index (χ1n) is 3.43. The fourth-order valence-corrected chi connectivity index (χ4v) is 3.62. The molecule has 0 aliphatic heterocycles. The van der Waals surface area contributed by atoms with E-state index >= 15 is 0 Å². The topological polar surface area (TPSA) is 17.1 Å². The molecule has 0 saturated carbocycles. The van der Waals surface area contributed by atoms with Crippen LogP contribution in [0.3, 0.4) is 0 Å². The highest BCUT2D eigenvalue weighted by atomic mass is 35.5. The van der Waals surface area contributed by atoms with Crippen LogP contribution >= 0.6 is 46.4 Å². The molecular weight excluding hydrogens is 262 g/mol. The first kappa shape index (κ1) is 13.3. The summed E-state index contributed by atoms with van der Waals surface area (Å²) in [5, 5.41) is 0. The second-order valence-electron chi connectivity index (χ2n) is 2.10. The molecule has 0 heterocycles. The van der Waals surface area contributed by atoms with Crippen LogP contribution in [-0.4, -0.2) is 25.4 Å². The Kier molecular flexibility index (Phi) is 8.53. The van der Waals surface area contributed by atoms with Crippen molar-refractivity contribution >= 4 is 57.2 Å². The molecule has 6 heteroatoms. The van der Waals surface area contributed by atoms with Crippen molar-refractivity contribution in [2.45, 2.75) is 22.3 Å². The van der Waals surface area contributed by atoms with Crippen LogP contribution in [0.2, 0.25) is 0 Å². The summed E-state index contributed by atoms with van der Waals surface area (Å²) in [6.07, 6.45) is 1.00. The van der Waals surface area contributed by atoms with Crippen molar-refractivity contribution in [3.05, 3.63) is 0 Å². The molecule has 0 aromatic carbocycles. The summed E-state index contributed by atoms with van der Waals surface area (Å²) in [5.41, 5.74) is 0. The molecule has 0 aromatic heterocycles. The summed E-state index contributed by atoms with van der Waals surface area (Å²) in [7, 11) is -1.25. The summed E-state index contributed by atoms with van der Waals surface area (Å²) in [6.45, 7) is 0. The fourth-order valence-electron chi connectivity index (χ4n) is 0.564. The van der Waals surface area contributed by atoms with E-state index in [1.165, 1.54) is 0 Å². The van der Waals surface area contributed by atoms with Gasteiger partial charge < -0.3 is 0 Å². The van der Waals surface area contributed by atoms with Gasteiger partial charge in [-0.1, -0.05) is 0 Å². The molecule has 0 N–H and O–H groups in total. The van der Waals surface area contributed by atoms with Crippen molar-refractivity contribution in [3.63, 3.8) is 0 Å². The molecule has 0 fully saturated rings. The average molecular weight is 272 g/mol. The lowest BCUT2D eigenvalue weighted by molar-refractivity contribution is 0.675. The van der Waals surface area contributed by atoms with Gasteiger partial charge in [0.2, 0.25) is 0 Å². The minimum Gasteiger partial charge on any atom is -0.257 e. The maximum atomic E-state index is 11.4. The molecule has 0 amide bonds. The van der Waals surface area contributed by atoms with Gasteiger partial charge >= 0.3 is 0 Å². The number of halogens is 4. The summed E-state index contributed by atoms with van der Waals surface area (Å²) < 4.78 is 10.4. The van der Waals surface area contributed by atoms with E-state index in [1.807, 2.05) is 0 Å². The van der Waals surface area contributed by atoms with Gasteiger partial charge in [0.15, 0.2) is 0 Å². The number of hydrogen-bond donors (Lipinski definition) is 0. The van der Waals surface area contributed by atoms with Crippen LogP contribution in [0.25, 0.3) is 0 Å². The highest BCUT2D eigenvalue weighted by Gasteiger charge is 2.20.